The number of ether oxygens (including phenoxy) is 2. The molecule has 2 atom stereocenters. The van der Waals surface area contributed by atoms with Gasteiger partial charge in [0.1, 0.15) is 0 Å². The molecule has 0 aromatic heterocycles. The van der Waals surface area contributed by atoms with Crippen molar-refractivity contribution in [3.63, 3.8) is 0 Å². The topological polar surface area (TPSA) is 52.6 Å². The Balaban J connectivity index is 1.49. The van der Waals surface area contributed by atoms with Crippen LogP contribution < -0.4 is 0 Å². The van der Waals surface area contributed by atoms with Crippen LogP contribution in [0.2, 0.25) is 0 Å². The Hall–Kier alpha value is -3.40. The van der Waals surface area contributed by atoms with Gasteiger partial charge in [0.25, 0.3) is 0 Å². The first-order valence-electron chi connectivity index (χ1n) is 16.1. The number of hydrogen-bond donors (Lipinski definition) is 0. The summed E-state index contributed by atoms with van der Waals surface area (Å²) in [6.45, 7) is 8.38. The third-order valence-electron chi connectivity index (χ3n) is 7.84. The van der Waals surface area contributed by atoms with Crippen LogP contribution in [0.15, 0.2) is 72.8 Å². The van der Waals surface area contributed by atoms with Gasteiger partial charge < -0.3 is 9.47 Å². The molecule has 0 aliphatic heterocycles. The molecule has 0 heterocycles. The molecule has 0 saturated carbocycles. The van der Waals surface area contributed by atoms with Crippen LogP contribution in [0.3, 0.4) is 0 Å². The third kappa shape index (κ3) is 11.1. The largest absolute Gasteiger partial charge is 0.459 e. The average molecular weight is 571 g/mol. The van der Waals surface area contributed by atoms with E-state index in [0.717, 1.165) is 47.9 Å². The fourth-order valence-electron chi connectivity index (χ4n) is 5.14. The van der Waals surface area contributed by atoms with Crippen molar-refractivity contribution in [2.75, 3.05) is 0 Å². The van der Waals surface area contributed by atoms with Crippen molar-refractivity contribution >= 4 is 11.9 Å². The Morgan fingerprint density at radius 1 is 0.476 bits per heavy atom. The lowest BCUT2D eigenvalue weighted by molar-refractivity contribution is 0.0309. The van der Waals surface area contributed by atoms with Gasteiger partial charge in [0, 0.05) is 0 Å². The predicted octanol–water partition coefficient (Wildman–Crippen LogP) is 10.8. The molecule has 0 radical (unpaired) electrons. The molecule has 4 heteroatoms. The SMILES string of the molecule is CCCCCCC[C@H](C)OC(=O)c1ccc(-c2ccc(-c3ccc(C(=O)O[C@@H](C)CCCCCCC)cc3)cc2)cc1. The van der Waals surface area contributed by atoms with Gasteiger partial charge in [-0.25, -0.2) is 9.59 Å². The minimum Gasteiger partial charge on any atom is -0.459 e. The number of carbonyl (C=O) groups excluding carboxylic acids is 2. The highest BCUT2D eigenvalue weighted by Gasteiger charge is 2.14. The van der Waals surface area contributed by atoms with E-state index >= 15 is 0 Å². The van der Waals surface area contributed by atoms with Crippen molar-refractivity contribution in [3.05, 3.63) is 83.9 Å². The molecule has 0 aliphatic carbocycles. The zero-order valence-corrected chi connectivity index (χ0v) is 26.2. The van der Waals surface area contributed by atoms with Crippen molar-refractivity contribution in [2.45, 2.75) is 117 Å². The maximum Gasteiger partial charge on any atom is 0.338 e. The number of carbonyl (C=O) groups is 2. The average Bonchev–Trinajstić information content (AvgIpc) is 3.01. The summed E-state index contributed by atoms with van der Waals surface area (Å²) in [5.74, 6) is -0.524. The van der Waals surface area contributed by atoms with Gasteiger partial charge in [-0.05, 0) is 86.1 Å². The first-order valence-corrected chi connectivity index (χ1v) is 16.1. The molecule has 0 saturated heterocycles. The minimum absolute atomic E-state index is 0.0697. The highest BCUT2D eigenvalue weighted by molar-refractivity contribution is 5.91. The number of benzene rings is 3. The van der Waals surface area contributed by atoms with Gasteiger partial charge >= 0.3 is 11.9 Å². The summed E-state index contributed by atoms with van der Waals surface area (Å²) in [7, 11) is 0. The van der Waals surface area contributed by atoms with Crippen molar-refractivity contribution in [1.29, 1.82) is 0 Å². The lowest BCUT2D eigenvalue weighted by Gasteiger charge is -2.14. The van der Waals surface area contributed by atoms with Gasteiger partial charge in [-0.2, -0.15) is 0 Å². The zero-order chi connectivity index (χ0) is 30.2. The van der Waals surface area contributed by atoms with Crippen molar-refractivity contribution in [3.8, 4) is 22.3 Å². The lowest BCUT2D eigenvalue weighted by Crippen LogP contribution is -2.15. The molecule has 0 N–H and O–H groups in total. The van der Waals surface area contributed by atoms with E-state index in [-0.39, 0.29) is 24.1 Å². The van der Waals surface area contributed by atoms with Gasteiger partial charge in [0.15, 0.2) is 0 Å². The Morgan fingerprint density at radius 3 is 1.07 bits per heavy atom. The normalized spacial score (nSPS) is 12.5. The second kappa shape index (κ2) is 18.2. The molecule has 3 rings (SSSR count). The van der Waals surface area contributed by atoms with Gasteiger partial charge in [0.2, 0.25) is 0 Å². The highest BCUT2D eigenvalue weighted by atomic mass is 16.5. The van der Waals surface area contributed by atoms with E-state index < -0.39 is 0 Å². The number of rotatable bonds is 18. The second-order valence-electron chi connectivity index (χ2n) is 11.6. The van der Waals surface area contributed by atoms with Crippen LogP contribution in [0.4, 0.5) is 0 Å². The maximum atomic E-state index is 12.6. The fraction of sp³-hybridized carbons (Fsp3) is 0.474. The fourth-order valence-corrected chi connectivity index (χ4v) is 5.14. The molecule has 3 aromatic carbocycles. The molecule has 4 nitrogen and oxygen atoms in total. The van der Waals surface area contributed by atoms with E-state index in [0.29, 0.717) is 11.1 Å². The maximum absolute atomic E-state index is 12.6. The quantitative estimate of drug-likeness (QED) is 0.113. The number of unbranched alkanes of at least 4 members (excludes halogenated alkanes) is 8. The lowest BCUT2D eigenvalue weighted by atomic mass is 9.99. The second-order valence-corrected chi connectivity index (χ2v) is 11.6. The van der Waals surface area contributed by atoms with E-state index in [9.17, 15) is 9.59 Å². The van der Waals surface area contributed by atoms with Gasteiger partial charge in [-0.15, -0.1) is 0 Å². The Labute approximate surface area is 253 Å². The van der Waals surface area contributed by atoms with E-state index in [2.05, 4.69) is 38.1 Å². The molecule has 3 aromatic rings. The molecule has 0 spiro atoms. The first-order chi connectivity index (χ1) is 20.4. The van der Waals surface area contributed by atoms with Crippen molar-refractivity contribution in [2.24, 2.45) is 0 Å². The molecular weight excluding hydrogens is 520 g/mol. The minimum atomic E-state index is -0.262. The summed E-state index contributed by atoms with van der Waals surface area (Å²) in [5, 5.41) is 0. The number of hydrogen-bond acceptors (Lipinski definition) is 4. The molecule has 0 bridgehead atoms. The van der Waals surface area contributed by atoms with Crippen LogP contribution in [-0.4, -0.2) is 24.1 Å². The summed E-state index contributed by atoms with van der Waals surface area (Å²) in [6.07, 6.45) is 13.8. The summed E-state index contributed by atoms with van der Waals surface area (Å²) in [5.41, 5.74) is 5.38. The molecule has 0 amide bonds. The first kappa shape index (κ1) is 33.1. The summed E-state index contributed by atoms with van der Waals surface area (Å²) in [6, 6.07) is 23.5. The van der Waals surface area contributed by atoms with Crippen LogP contribution >= 0.6 is 0 Å². The summed E-state index contributed by atoms with van der Waals surface area (Å²) < 4.78 is 11.3. The van der Waals surface area contributed by atoms with Crippen LogP contribution in [-0.2, 0) is 9.47 Å². The molecule has 226 valence electrons. The molecular formula is C38H50O4. The van der Waals surface area contributed by atoms with Crippen LogP contribution in [0, 0.1) is 0 Å². The molecule has 0 unspecified atom stereocenters. The zero-order valence-electron chi connectivity index (χ0n) is 26.2. The van der Waals surface area contributed by atoms with Crippen LogP contribution in [0.25, 0.3) is 22.3 Å². The molecule has 0 aliphatic rings. The smallest absolute Gasteiger partial charge is 0.338 e. The van der Waals surface area contributed by atoms with Crippen molar-refractivity contribution < 1.29 is 19.1 Å². The monoisotopic (exact) mass is 570 g/mol. The van der Waals surface area contributed by atoms with E-state index in [1.165, 1.54) is 51.4 Å². The standard InChI is InChI=1S/C38H50O4/c1-5-7-9-11-13-15-29(3)41-37(39)35-25-21-33(22-26-35)31-17-19-32(20-18-31)34-23-27-36(28-24-34)38(40)42-30(4)16-14-12-10-8-6-2/h17-30H,5-16H2,1-4H3/t29-,30-/m0/s1. The predicted molar refractivity (Wildman–Crippen MR) is 174 cm³/mol. The third-order valence-corrected chi connectivity index (χ3v) is 7.84. The van der Waals surface area contributed by atoms with E-state index in [1.54, 1.807) is 0 Å². The Bertz CT molecular complexity index is 1100. The Morgan fingerprint density at radius 2 is 0.762 bits per heavy atom. The van der Waals surface area contributed by atoms with Crippen LogP contribution in [0.5, 0.6) is 0 Å². The number of esters is 2. The summed E-state index contributed by atoms with van der Waals surface area (Å²) >= 11 is 0. The van der Waals surface area contributed by atoms with E-state index in [4.69, 9.17) is 9.47 Å². The molecule has 42 heavy (non-hydrogen) atoms. The van der Waals surface area contributed by atoms with Gasteiger partial charge in [0.05, 0.1) is 23.3 Å². The summed E-state index contributed by atoms with van der Waals surface area (Å²) in [4.78, 5) is 25.2. The van der Waals surface area contributed by atoms with Crippen molar-refractivity contribution in [1.82, 2.24) is 0 Å². The Kier molecular flexibility index (Phi) is 14.3. The molecule has 0 fully saturated rings. The van der Waals surface area contributed by atoms with Gasteiger partial charge in [-0.3, -0.25) is 0 Å². The highest BCUT2D eigenvalue weighted by Crippen LogP contribution is 2.26. The van der Waals surface area contributed by atoms with E-state index in [1.807, 2.05) is 62.4 Å². The van der Waals surface area contributed by atoms with Gasteiger partial charge in [-0.1, -0.05) is 114 Å². The van der Waals surface area contributed by atoms with Crippen LogP contribution in [0.1, 0.15) is 125 Å².